The first-order valence-electron chi connectivity index (χ1n) is 12.2. The monoisotopic (exact) mass is 504 g/mol. The second-order valence-electron chi connectivity index (χ2n) is 10.6. The molecular weight excluding hydrogens is 476 g/mol. The van der Waals surface area contributed by atoms with Gasteiger partial charge in [-0.1, -0.05) is 11.6 Å². The van der Waals surface area contributed by atoms with Gasteiger partial charge in [-0.15, -0.1) is 0 Å². The lowest BCUT2D eigenvalue weighted by Gasteiger charge is -2.37. The van der Waals surface area contributed by atoms with Gasteiger partial charge in [0.25, 0.3) is 0 Å². The van der Waals surface area contributed by atoms with Gasteiger partial charge in [0.15, 0.2) is 5.54 Å². The van der Waals surface area contributed by atoms with Crippen molar-refractivity contribution in [1.82, 2.24) is 0 Å². The number of rotatable bonds is 3. The van der Waals surface area contributed by atoms with Crippen LogP contribution in [0.5, 0.6) is 0 Å². The van der Waals surface area contributed by atoms with Crippen molar-refractivity contribution < 1.29 is 33.6 Å². The van der Waals surface area contributed by atoms with Crippen LogP contribution in [-0.2, 0) is 28.5 Å². The third-order valence-electron chi connectivity index (χ3n) is 8.48. The van der Waals surface area contributed by atoms with Crippen molar-refractivity contribution in [2.75, 3.05) is 11.6 Å². The molecule has 1 aromatic rings. The van der Waals surface area contributed by atoms with Gasteiger partial charge >= 0.3 is 11.9 Å². The van der Waals surface area contributed by atoms with Gasteiger partial charge in [0.2, 0.25) is 0 Å². The Morgan fingerprint density at radius 3 is 2.74 bits per heavy atom. The van der Waals surface area contributed by atoms with Gasteiger partial charge in [-0.2, -0.15) is 5.10 Å². The van der Waals surface area contributed by atoms with Crippen LogP contribution in [0.3, 0.4) is 0 Å². The average Bonchev–Trinajstić information content (AvgIpc) is 3.60. The second kappa shape index (κ2) is 7.65. The zero-order valence-electron chi connectivity index (χ0n) is 19.9. The van der Waals surface area contributed by atoms with Gasteiger partial charge in [0, 0.05) is 17.4 Å². The van der Waals surface area contributed by atoms with E-state index in [9.17, 15) is 14.7 Å². The van der Waals surface area contributed by atoms with Crippen LogP contribution in [-0.4, -0.2) is 70.5 Å². The standard InChI is InChI=1S/C25H29ClN2O7/c1-4-32-21(30)16-12-25(28(27-16)14-7-5-13(26)6-8-14)15-11-17(29)24(3)18(34-24)9-10-23(2)20(35-23)19(15)33-22(25)31/h5-8,15,17-20,29H,4,9-12H2,1-3H3/t15-,17-,18-,19+,20-,23-,24-,25-/m1/s1. The third kappa shape index (κ3) is 3.35. The summed E-state index contributed by atoms with van der Waals surface area (Å²) in [5.41, 5.74) is -1.74. The number of benzene rings is 1. The number of fused-ring (bicyclic) bond motifs is 5. The molecule has 1 spiro atoms. The Bertz CT molecular complexity index is 1110. The molecule has 4 aliphatic heterocycles. The molecule has 4 fully saturated rings. The second-order valence-corrected chi connectivity index (χ2v) is 11.0. The van der Waals surface area contributed by atoms with Gasteiger partial charge in [0.05, 0.1) is 30.1 Å². The summed E-state index contributed by atoms with van der Waals surface area (Å²) >= 11 is 6.11. The lowest BCUT2D eigenvalue weighted by atomic mass is 9.72. The molecule has 0 unspecified atom stereocenters. The van der Waals surface area contributed by atoms with Gasteiger partial charge in [-0.25, -0.2) is 14.6 Å². The van der Waals surface area contributed by atoms with Crippen molar-refractivity contribution in [3.8, 4) is 0 Å². The van der Waals surface area contributed by atoms with Crippen LogP contribution in [0.2, 0.25) is 5.02 Å². The molecule has 0 amide bonds. The molecule has 9 nitrogen and oxygen atoms in total. The van der Waals surface area contributed by atoms with Crippen LogP contribution in [0.25, 0.3) is 0 Å². The van der Waals surface area contributed by atoms with E-state index in [1.807, 2.05) is 13.8 Å². The zero-order chi connectivity index (χ0) is 24.8. The highest BCUT2D eigenvalue weighted by atomic mass is 35.5. The minimum absolute atomic E-state index is 0.00557. The van der Waals surface area contributed by atoms with E-state index >= 15 is 0 Å². The van der Waals surface area contributed by atoms with Crippen molar-refractivity contribution in [1.29, 1.82) is 0 Å². The van der Waals surface area contributed by atoms with Crippen molar-refractivity contribution >= 4 is 34.9 Å². The van der Waals surface area contributed by atoms with Crippen LogP contribution in [0.1, 0.15) is 46.5 Å². The highest BCUT2D eigenvalue weighted by molar-refractivity contribution is 6.38. The summed E-state index contributed by atoms with van der Waals surface area (Å²) < 4.78 is 23.3. The van der Waals surface area contributed by atoms with Crippen LogP contribution < -0.4 is 5.01 Å². The van der Waals surface area contributed by atoms with E-state index < -0.39 is 46.8 Å². The first-order valence-corrected chi connectivity index (χ1v) is 12.6. The maximum atomic E-state index is 13.8. The maximum absolute atomic E-state index is 13.8. The zero-order valence-corrected chi connectivity index (χ0v) is 20.7. The summed E-state index contributed by atoms with van der Waals surface area (Å²) in [4.78, 5) is 26.6. The maximum Gasteiger partial charge on any atom is 0.354 e. The Hall–Kier alpha value is -2.20. The number of epoxide rings is 2. The molecule has 0 radical (unpaired) electrons. The number of carbonyl (C=O) groups excluding carboxylic acids is 2. The number of ether oxygens (including phenoxy) is 4. The Morgan fingerprint density at radius 2 is 2.03 bits per heavy atom. The van der Waals surface area contributed by atoms with E-state index in [1.165, 1.54) is 0 Å². The fourth-order valence-corrected chi connectivity index (χ4v) is 6.35. The molecule has 6 rings (SSSR count). The molecule has 1 aliphatic carbocycles. The summed E-state index contributed by atoms with van der Waals surface area (Å²) in [6.07, 6.45) is -0.0353. The van der Waals surface area contributed by atoms with E-state index in [4.69, 9.17) is 30.5 Å². The number of hydrogen-bond donors (Lipinski definition) is 1. The number of halogens is 1. The minimum atomic E-state index is -1.34. The van der Waals surface area contributed by atoms with Gasteiger partial charge in [0.1, 0.15) is 23.5 Å². The molecule has 35 heavy (non-hydrogen) atoms. The van der Waals surface area contributed by atoms with E-state index in [-0.39, 0.29) is 37.4 Å². The van der Waals surface area contributed by atoms with E-state index in [0.717, 1.165) is 12.8 Å². The van der Waals surface area contributed by atoms with Crippen LogP contribution in [0.15, 0.2) is 29.4 Å². The molecule has 4 heterocycles. The predicted molar refractivity (Wildman–Crippen MR) is 125 cm³/mol. The first-order chi connectivity index (χ1) is 16.6. The van der Waals surface area contributed by atoms with Crippen molar-refractivity contribution in [2.24, 2.45) is 11.0 Å². The predicted octanol–water partition coefficient (Wildman–Crippen LogP) is 2.61. The van der Waals surface area contributed by atoms with E-state index in [0.29, 0.717) is 10.7 Å². The molecule has 1 aromatic carbocycles. The summed E-state index contributed by atoms with van der Waals surface area (Å²) in [6.45, 7) is 5.84. The number of aliphatic hydroxyl groups excluding tert-OH is 1. The Kier molecular flexibility index (Phi) is 5.07. The smallest absolute Gasteiger partial charge is 0.354 e. The molecule has 5 aliphatic rings. The number of esters is 2. The molecule has 0 bridgehead atoms. The molecule has 0 aromatic heterocycles. The Balaban J connectivity index is 1.45. The Labute approximate surface area is 208 Å². The normalized spacial score (nSPS) is 43.6. The van der Waals surface area contributed by atoms with Crippen molar-refractivity contribution in [2.45, 2.75) is 87.6 Å². The van der Waals surface area contributed by atoms with Gasteiger partial charge in [-0.05, 0) is 64.3 Å². The molecule has 1 N–H and O–H groups in total. The number of aliphatic hydroxyl groups is 1. The van der Waals surface area contributed by atoms with E-state index in [2.05, 4.69) is 5.10 Å². The SMILES string of the molecule is CCOC(=O)C1=NN(c2ccc(Cl)cc2)[C@@]2(C1)C(=O)O[C@@H]1[C@H]3O[C@]3(C)CC[C@H]3O[C@]3(C)[C@H](O)C[C@H]12. The van der Waals surface area contributed by atoms with Crippen LogP contribution in [0.4, 0.5) is 5.69 Å². The lowest BCUT2D eigenvalue weighted by Crippen LogP contribution is -2.55. The highest BCUT2D eigenvalue weighted by Gasteiger charge is 2.73. The minimum Gasteiger partial charge on any atom is -0.461 e. The quantitative estimate of drug-likeness (QED) is 0.493. The van der Waals surface area contributed by atoms with Gasteiger partial charge < -0.3 is 24.1 Å². The summed E-state index contributed by atoms with van der Waals surface area (Å²) in [7, 11) is 0. The number of carbonyl (C=O) groups is 2. The van der Waals surface area contributed by atoms with Gasteiger partial charge in [-0.3, -0.25) is 0 Å². The Morgan fingerprint density at radius 1 is 1.29 bits per heavy atom. The lowest BCUT2D eigenvalue weighted by molar-refractivity contribution is -0.145. The van der Waals surface area contributed by atoms with Crippen LogP contribution in [0, 0.1) is 5.92 Å². The van der Waals surface area contributed by atoms with Crippen molar-refractivity contribution in [3.05, 3.63) is 29.3 Å². The fourth-order valence-electron chi connectivity index (χ4n) is 6.23. The highest BCUT2D eigenvalue weighted by Crippen LogP contribution is 2.58. The topological polar surface area (TPSA) is 113 Å². The molecule has 3 saturated heterocycles. The van der Waals surface area contributed by atoms with Crippen LogP contribution >= 0.6 is 11.6 Å². The number of hydrazone groups is 1. The fraction of sp³-hybridized carbons (Fsp3) is 0.640. The molecule has 10 heteroatoms. The largest absolute Gasteiger partial charge is 0.461 e. The summed E-state index contributed by atoms with van der Waals surface area (Å²) in [6, 6.07) is 6.90. The first kappa shape index (κ1) is 23.2. The number of hydrogen-bond acceptors (Lipinski definition) is 9. The summed E-state index contributed by atoms with van der Waals surface area (Å²) in [5.74, 6) is -1.58. The number of nitrogens with zero attached hydrogens (tertiary/aromatic N) is 2. The van der Waals surface area contributed by atoms with Crippen molar-refractivity contribution in [3.63, 3.8) is 0 Å². The average molecular weight is 505 g/mol. The molecular formula is C25H29ClN2O7. The molecule has 188 valence electrons. The number of anilines is 1. The summed E-state index contributed by atoms with van der Waals surface area (Å²) in [5, 5.41) is 18.0. The van der Waals surface area contributed by atoms with E-state index in [1.54, 1.807) is 36.2 Å². The molecule has 8 atom stereocenters. The molecule has 1 saturated carbocycles. The third-order valence-corrected chi connectivity index (χ3v) is 8.74.